The minimum absolute atomic E-state index is 0.472. The highest BCUT2D eigenvalue weighted by molar-refractivity contribution is 5.79. The fourth-order valence-corrected chi connectivity index (χ4v) is 2.27. The lowest BCUT2D eigenvalue weighted by Crippen LogP contribution is -2.18. The van der Waals surface area contributed by atoms with Gasteiger partial charge in [0.15, 0.2) is 11.6 Å². The Hall–Kier alpha value is -1.88. The lowest BCUT2D eigenvalue weighted by Gasteiger charge is -2.12. The van der Waals surface area contributed by atoms with Crippen molar-refractivity contribution in [1.29, 1.82) is 0 Å². The van der Waals surface area contributed by atoms with E-state index in [1.54, 1.807) is 0 Å². The molecule has 1 atom stereocenters. The molecule has 5 nitrogen and oxygen atoms in total. The topological polar surface area (TPSA) is 75.9 Å². The Kier molecular flexibility index (Phi) is 2.98. The van der Waals surface area contributed by atoms with Gasteiger partial charge in [0.1, 0.15) is 0 Å². The number of hydrogen-bond acceptors (Lipinski definition) is 5. The third-order valence-electron chi connectivity index (χ3n) is 3.32. The van der Waals surface area contributed by atoms with Gasteiger partial charge in [-0.25, -0.2) is 9.97 Å². The van der Waals surface area contributed by atoms with E-state index in [1.807, 2.05) is 24.3 Å². The van der Waals surface area contributed by atoms with Crippen molar-refractivity contribution in [3.63, 3.8) is 0 Å². The molecule has 2 aromatic rings. The van der Waals surface area contributed by atoms with Gasteiger partial charge < -0.3 is 16.4 Å². The largest absolute Gasteiger partial charge is 0.381 e. The summed E-state index contributed by atoms with van der Waals surface area (Å²) < 4.78 is 0. The number of nitrogens with one attached hydrogen (secondary N) is 2. The van der Waals surface area contributed by atoms with Gasteiger partial charge in [-0.2, -0.15) is 0 Å². The number of fused-ring (bicyclic) bond motifs is 1. The van der Waals surface area contributed by atoms with Gasteiger partial charge in [-0.1, -0.05) is 12.1 Å². The predicted molar refractivity (Wildman–Crippen MR) is 73.4 cm³/mol. The van der Waals surface area contributed by atoms with Crippen LogP contribution in [0.25, 0.3) is 11.0 Å². The zero-order valence-electron chi connectivity index (χ0n) is 10.2. The van der Waals surface area contributed by atoms with Crippen LogP contribution in [0.15, 0.2) is 24.3 Å². The van der Waals surface area contributed by atoms with E-state index < -0.39 is 0 Å². The van der Waals surface area contributed by atoms with E-state index in [2.05, 4.69) is 20.6 Å². The summed E-state index contributed by atoms with van der Waals surface area (Å²) in [6.07, 6.45) is 1.20. The van der Waals surface area contributed by atoms with Gasteiger partial charge >= 0.3 is 0 Å². The summed E-state index contributed by atoms with van der Waals surface area (Å²) in [7, 11) is 0. The van der Waals surface area contributed by atoms with Gasteiger partial charge in [0.2, 0.25) is 0 Å². The first-order valence-corrected chi connectivity index (χ1v) is 6.30. The number of hydrogen-bond donors (Lipinski definition) is 3. The zero-order valence-corrected chi connectivity index (χ0v) is 10.2. The summed E-state index contributed by atoms with van der Waals surface area (Å²) >= 11 is 0. The second-order valence-corrected chi connectivity index (χ2v) is 4.69. The molecule has 5 heteroatoms. The van der Waals surface area contributed by atoms with Crippen molar-refractivity contribution in [2.24, 2.45) is 5.92 Å². The number of para-hydroxylation sites is 2. The summed E-state index contributed by atoms with van der Waals surface area (Å²) in [5.41, 5.74) is 7.63. The third-order valence-corrected chi connectivity index (χ3v) is 3.32. The van der Waals surface area contributed by atoms with E-state index in [-0.39, 0.29) is 0 Å². The first-order chi connectivity index (χ1) is 8.83. The van der Waals surface area contributed by atoms with Crippen LogP contribution >= 0.6 is 0 Å². The average molecular weight is 243 g/mol. The monoisotopic (exact) mass is 243 g/mol. The molecule has 1 saturated heterocycles. The molecular formula is C13H17N5. The summed E-state index contributed by atoms with van der Waals surface area (Å²) in [6, 6.07) is 7.76. The molecule has 0 spiro atoms. The third kappa shape index (κ3) is 2.22. The molecule has 18 heavy (non-hydrogen) atoms. The molecule has 1 fully saturated rings. The van der Waals surface area contributed by atoms with E-state index in [1.165, 1.54) is 6.42 Å². The minimum Gasteiger partial charge on any atom is -0.381 e. The van der Waals surface area contributed by atoms with Crippen LogP contribution in [0.1, 0.15) is 6.42 Å². The number of nitrogen functional groups attached to an aromatic ring is 1. The zero-order chi connectivity index (χ0) is 12.4. The molecule has 1 aromatic heterocycles. The maximum Gasteiger partial charge on any atom is 0.169 e. The maximum absolute atomic E-state index is 5.92. The van der Waals surface area contributed by atoms with Crippen LogP contribution in [0.3, 0.4) is 0 Å². The maximum atomic E-state index is 5.92. The second kappa shape index (κ2) is 4.78. The highest BCUT2D eigenvalue weighted by Gasteiger charge is 2.15. The smallest absolute Gasteiger partial charge is 0.169 e. The summed E-state index contributed by atoms with van der Waals surface area (Å²) in [4.78, 5) is 8.87. The summed E-state index contributed by atoms with van der Waals surface area (Å²) in [5, 5.41) is 6.65. The van der Waals surface area contributed by atoms with Crippen LogP contribution in [0.2, 0.25) is 0 Å². The molecular weight excluding hydrogens is 226 g/mol. The first-order valence-electron chi connectivity index (χ1n) is 6.30. The van der Waals surface area contributed by atoms with Crippen LogP contribution < -0.4 is 16.4 Å². The van der Waals surface area contributed by atoms with Crippen LogP contribution in [0, 0.1) is 5.92 Å². The molecule has 0 bridgehead atoms. The molecule has 0 aliphatic carbocycles. The van der Waals surface area contributed by atoms with E-state index in [4.69, 9.17) is 5.73 Å². The number of nitrogens with zero attached hydrogens (tertiary/aromatic N) is 2. The summed E-state index contributed by atoms with van der Waals surface area (Å²) in [5.74, 6) is 1.82. The Morgan fingerprint density at radius 1 is 1.28 bits per heavy atom. The van der Waals surface area contributed by atoms with Gasteiger partial charge in [-0.05, 0) is 37.6 Å². The molecule has 0 saturated carbocycles. The SMILES string of the molecule is Nc1nc2ccccc2nc1NCC1CCNC1. The number of rotatable bonds is 3. The number of anilines is 2. The van der Waals surface area contributed by atoms with Gasteiger partial charge in [0.25, 0.3) is 0 Å². The van der Waals surface area contributed by atoms with Crippen molar-refractivity contribution in [2.45, 2.75) is 6.42 Å². The molecule has 0 amide bonds. The molecule has 1 aliphatic rings. The fourth-order valence-electron chi connectivity index (χ4n) is 2.27. The van der Waals surface area contributed by atoms with E-state index in [0.29, 0.717) is 17.6 Å². The molecule has 1 aliphatic heterocycles. The molecule has 94 valence electrons. The van der Waals surface area contributed by atoms with Crippen molar-refractivity contribution >= 4 is 22.7 Å². The lowest BCUT2D eigenvalue weighted by atomic mass is 10.1. The van der Waals surface area contributed by atoms with Gasteiger partial charge in [-0.15, -0.1) is 0 Å². The second-order valence-electron chi connectivity index (χ2n) is 4.69. The standard InChI is InChI=1S/C13H17N5/c14-12-13(16-8-9-5-6-15-7-9)18-11-4-2-1-3-10(11)17-12/h1-4,9,15H,5-8H2,(H2,14,17)(H,16,18). The average Bonchev–Trinajstić information content (AvgIpc) is 2.89. The first kappa shape index (κ1) is 11.2. The Labute approximate surface area is 106 Å². The van der Waals surface area contributed by atoms with Gasteiger partial charge in [0.05, 0.1) is 11.0 Å². The Bertz CT molecular complexity index is 548. The highest BCUT2D eigenvalue weighted by atomic mass is 15.1. The van der Waals surface area contributed by atoms with Crippen LogP contribution in [0.5, 0.6) is 0 Å². The normalized spacial score (nSPS) is 19.2. The molecule has 4 N–H and O–H groups in total. The number of aromatic nitrogens is 2. The quantitative estimate of drug-likeness (QED) is 0.756. The van der Waals surface area contributed by atoms with Crippen molar-refractivity contribution in [1.82, 2.24) is 15.3 Å². The highest BCUT2D eigenvalue weighted by Crippen LogP contribution is 2.19. The lowest BCUT2D eigenvalue weighted by molar-refractivity contribution is 0.614. The van der Waals surface area contributed by atoms with Gasteiger partial charge in [0, 0.05) is 6.54 Å². The van der Waals surface area contributed by atoms with Crippen molar-refractivity contribution in [2.75, 3.05) is 30.7 Å². The van der Waals surface area contributed by atoms with E-state index in [9.17, 15) is 0 Å². The van der Waals surface area contributed by atoms with Crippen LogP contribution in [0.4, 0.5) is 11.6 Å². The molecule has 3 rings (SSSR count). The Morgan fingerprint density at radius 2 is 2.06 bits per heavy atom. The van der Waals surface area contributed by atoms with Crippen LogP contribution in [-0.4, -0.2) is 29.6 Å². The van der Waals surface area contributed by atoms with E-state index >= 15 is 0 Å². The Morgan fingerprint density at radius 3 is 2.78 bits per heavy atom. The fraction of sp³-hybridized carbons (Fsp3) is 0.385. The van der Waals surface area contributed by atoms with Crippen molar-refractivity contribution in [3.05, 3.63) is 24.3 Å². The summed E-state index contributed by atoms with van der Waals surface area (Å²) in [6.45, 7) is 3.06. The van der Waals surface area contributed by atoms with Crippen molar-refractivity contribution < 1.29 is 0 Å². The van der Waals surface area contributed by atoms with Crippen LogP contribution in [-0.2, 0) is 0 Å². The number of benzene rings is 1. The van der Waals surface area contributed by atoms with Gasteiger partial charge in [-0.3, -0.25) is 0 Å². The molecule has 2 heterocycles. The minimum atomic E-state index is 0.472. The van der Waals surface area contributed by atoms with E-state index in [0.717, 1.165) is 30.7 Å². The molecule has 0 radical (unpaired) electrons. The molecule has 1 aromatic carbocycles. The Balaban J connectivity index is 1.80. The molecule has 1 unspecified atom stereocenters. The predicted octanol–water partition coefficient (Wildman–Crippen LogP) is 1.23. The van der Waals surface area contributed by atoms with Crippen molar-refractivity contribution in [3.8, 4) is 0 Å². The number of nitrogens with two attached hydrogens (primary N) is 1.